The molecule has 0 saturated heterocycles. The summed E-state index contributed by atoms with van der Waals surface area (Å²) in [7, 11) is -4.64. The molecule has 0 radical (unpaired) electrons. The van der Waals surface area contributed by atoms with Crippen LogP contribution in [0.3, 0.4) is 0 Å². The molecule has 130 valence electrons. The molecule has 0 amide bonds. The van der Waals surface area contributed by atoms with Gasteiger partial charge in [-0.3, -0.25) is 0 Å². The van der Waals surface area contributed by atoms with Crippen molar-refractivity contribution >= 4 is 13.8 Å². The lowest BCUT2D eigenvalue weighted by Gasteiger charge is -2.24. The van der Waals surface area contributed by atoms with Crippen LogP contribution < -0.4 is 0 Å². The largest absolute Gasteiger partial charge is 0.494 e. The van der Waals surface area contributed by atoms with Crippen molar-refractivity contribution < 1.29 is 33.5 Å². The Morgan fingerprint density at radius 3 is 2.09 bits per heavy atom. The quantitative estimate of drug-likeness (QED) is 0.504. The van der Waals surface area contributed by atoms with Crippen LogP contribution in [0.15, 0.2) is 11.3 Å². The highest BCUT2D eigenvalue weighted by Gasteiger charge is 2.22. The number of phosphoric acid groups is 1. The molecule has 8 heteroatoms. The van der Waals surface area contributed by atoms with Crippen LogP contribution in [0.25, 0.3) is 0 Å². The minimum absolute atomic E-state index is 0.187. The van der Waals surface area contributed by atoms with Crippen molar-refractivity contribution in [1.82, 2.24) is 0 Å². The van der Waals surface area contributed by atoms with Gasteiger partial charge in [0.1, 0.15) is 5.76 Å². The number of carbonyl (C=O) groups excluding carboxylic acids is 1. The van der Waals surface area contributed by atoms with Crippen LogP contribution in [0, 0.1) is 0 Å². The Morgan fingerprint density at radius 2 is 1.64 bits per heavy atom. The van der Waals surface area contributed by atoms with Crippen molar-refractivity contribution in [3.05, 3.63) is 11.3 Å². The predicted octanol–water partition coefficient (Wildman–Crippen LogP) is 2.65. The molecule has 0 aromatic carbocycles. The number of esters is 1. The van der Waals surface area contributed by atoms with Gasteiger partial charge in [0.2, 0.25) is 0 Å². The van der Waals surface area contributed by atoms with E-state index < -0.39 is 7.82 Å². The second-order valence-corrected chi connectivity index (χ2v) is 5.93. The fraction of sp³-hybridized carbons (Fsp3) is 0.786. The minimum atomic E-state index is -4.64. The Balaban J connectivity index is 0.000000763. The standard InChI is InChI=1S/C14H24O3.H3O4P/c1-4-11(5-2)17-13-10-8-7-9-12(13)14(15)16-6-3;1-5(2,3)4/h11H,4-10H2,1-3H3;(H3,1,2,3,4). The van der Waals surface area contributed by atoms with E-state index >= 15 is 0 Å². The third-order valence-electron chi connectivity index (χ3n) is 3.16. The SMILES string of the molecule is CCOC(=O)C1=C(OC(CC)CC)CCCC1.O=P(O)(O)O. The zero-order chi connectivity index (χ0) is 17.2. The van der Waals surface area contributed by atoms with Gasteiger partial charge in [0.05, 0.1) is 18.3 Å². The number of rotatable bonds is 6. The van der Waals surface area contributed by atoms with E-state index in [0.29, 0.717) is 6.61 Å². The first-order valence-electron chi connectivity index (χ1n) is 7.56. The van der Waals surface area contributed by atoms with Crippen LogP contribution in [0.1, 0.15) is 59.3 Å². The minimum Gasteiger partial charge on any atom is -0.494 e. The summed E-state index contributed by atoms with van der Waals surface area (Å²) in [6.07, 6.45) is 6.04. The Kier molecular flexibility index (Phi) is 10.3. The summed E-state index contributed by atoms with van der Waals surface area (Å²) >= 11 is 0. The summed E-state index contributed by atoms with van der Waals surface area (Å²) in [6, 6.07) is 0. The van der Waals surface area contributed by atoms with E-state index in [1.54, 1.807) is 0 Å². The van der Waals surface area contributed by atoms with E-state index in [2.05, 4.69) is 13.8 Å². The summed E-state index contributed by atoms with van der Waals surface area (Å²) in [6.45, 7) is 6.49. The highest BCUT2D eigenvalue weighted by atomic mass is 31.2. The van der Waals surface area contributed by atoms with E-state index in [4.69, 9.17) is 28.7 Å². The second-order valence-electron chi connectivity index (χ2n) is 4.90. The highest BCUT2D eigenvalue weighted by molar-refractivity contribution is 7.45. The smallest absolute Gasteiger partial charge is 0.466 e. The van der Waals surface area contributed by atoms with Crippen LogP contribution in [0.2, 0.25) is 0 Å². The summed E-state index contributed by atoms with van der Waals surface area (Å²) in [4.78, 5) is 33.4. The molecule has 0 aromatic rings. The van der Waals surface area contributed by atoms with Crippen molar-refractivity contribution in [1.29, 1.82) is 0 Å². The molecule has 0 spiro atoms. The van der Waals surface area contributed by atoms with Gasteiger partial charge >= 0.3 is 13.8 Å². The Hall–Kier alpha value is -0.880. The maximum absolute atomic E-state index is 11.8. The topological polar surface area (TPSA) is 113 Å². The summed E-state index contributed by atoms with van der Waals surface area (Å²) in [5.41, 5.74) is 0.769. The molecule has 1 aliphatic rings. The average Bonchev–Trinajstić information content (AvgIpc) is 2.43. The lowest BCUT2D eigenvalue weighted by molar-refractivity contribution is -0.139. The molecule has 0 unspecified atom stereocenters. The monoisotopic (exact) mass is 338 g/mol. The Bertz CT molecular complexity index is 401. The molecule has 1 aliphatic carbocycles. The van der Waals surface area contributed by atoms with Crippen LogP contribution in [0.5, 0.6) is 0 Å². The van der Waals surface area contributed by atoms with Gasteiger partial charge in [0.15, 0.2) is 0 Å². The molecule has 0 fully saturated rings. The lowest BCUT2D eigenvalue weighted by atomic mass is 9.97. The first-order chi connectivity index (χ1) is 10.2. The van der Waals surface area contributed by atoms with Crippen LogP contribution in [-0.4, -0.2) is 33.4 Å². The molecule has 0 atom stereocenters. The average molecular weight is 338 g/mol. The number of ether oxygens (including phenoxy) is 2. The van der Waals surface area contributed by atoms with Crippen LogP contribution in [-0.2, 0) is 18.8 Å². The van der Waals surface area contributed by atoms with Crippen molar-refractivity contribution in [2.24, 2.45) is 0 Å². The van der Waals surface area contributed by atoms with E-state index in [9.17, 15) is 4.79 Å². The summed E-state index contributed by atoms with van der Waals surface area (Å²) in [5.74, 6) is 0.691. The van der Waals surface area contributed by atoms with Gasteiger partial charge in [-0.25, -0.2) is 9.36 Å². The maximum atomic E-state index is 11.8. The summed E-state index contributed by atoms with van der Waals surface area (Å²) < 4.78 is 19.9. The second kappa shape index (κ2) is 10.8. The van der Waals surface area contributed by atoms with Gasteiger partial charge < -0.3 is 24.2 Å². The number of hydrogen-bond donors (Lipinski definition) is 3. The van der Waals surface area contributed by atoms with Gasteiger partial charge in [-0.15, -0.1) is 0 Å². The fourth-order valence-electron chi connectivity index (χ4n) is 2.10. The van der Waals surface area contributed by atoms with Crippen molar-refractivity contribution in [3.8, 4) is 0 Å². The first-order valence-corrected chi connectivity index (χ1v) is 9.13. The Labute approximate surface area is 131 Å². The molecule has 0 heterocycles. The van der Waals surface area contributed by atoms with Gasteiger partial charge in [-0.2, -0.15) is 0 Å². The fourth-order valence-corrected chi connectivity index (χ4v) is 2.10. The molecule has 0 aliphatic heterocycles. The number of allylic oxidation sites excluding steroid dienone is 1. The van der Waals surface area contributed by atoms with Gasteiger partial charge in [0, 0.05) is 6.42 Å². The van der Waals surface area contributed by atoms with E-state index in [1.165, 1.54) is 0 Å². The van der Waals surface area contributed by atoms with Crippen molar-refractivity contribution in [2.45, 2.75) is 65.4 Å². The normalized spacial score (nSPS) is 15.2. The molecular weight excluding hydrogens is 311 g/mol. The highest BCUT2D eigenvalue weighted by Crippen LogP contribution is 2.28. The third kappa shape index (κ3) is 9.95. The van der Waals surface area contributed by atoms with Crippen LogP contribution >= 0.6 is 7.82 Å². The Morgan fingerprint density at radius 1 is 1.14 bits per heavy atom. The molecule has 7 nitrogen and oxygen atoms in total. The first kappa shape index (κ1) is 21.1. The van der Waals surface area contributed by atoms with Gasteiger partial charge in [-0.05, 0) is 39.0 Å². The van der Waals surface area contributed by atoms with Crippen LogP contribution in [0.4, 0.5) is 0 Å². The number of carbonyl (C=O) groups is 1. The molecule has 0 aromatic heterocycles. The van der Waals surface area contributed by atoms with Crippen molar-refractivity contribution in [3.63, 3.8) is 0 Å². The molecular formula is C14H27O7P. The number of hydrogen-bond acceptors (Lipinski definition) is 4. The van der Waals surface area contributed by atoms with Crippen molar-refractivity contribution in [2.75, 3.05) is 6.61 Å². The third-order valence-corrected chi connectivity index (χ3v) is 3.16. The van der Waals surface area contributed by atoms with E-state index in [-0.39, 0.29) is 12.1 Å². The maximum Gasteiger partial charge on any atom is 0.466 e. The van der Waals surface area contributed by atoms with E-state index in [0.717, 1.165) is 49.9 Å². The predicted molar refractivity (Wildman–Crippen MR) is 81.8 cm³/mol. The molecule has 22 heavy (non-hydrogen) atoms. The molecule has 3 N–H and O–H groups in total. The zero-order valence-corrected chi connectivity index (χ0v) is 14.3. The molecule has 0 bridgehead atoms. The van der Waals surface area contributed by atoms with Gasteiger partial charge in [0.25, 0.3) is 0 Å². The zero-order valence-electron chi connectivity index (χ0n) is 13.4. The lowest BCUT2D eigenvalue weighted by Crippen LogP contribution is -2.18. The molecule has 1 rings (SSSR count). The van der Waals surface area contributed by atoms with Gasteiger partial charge in [-0.1, -0.05) is 13.8 Å². The summed E-state index contributed by atoms with van der Waals surface area (Å²) in [5, 5.41) is 0. The molecule has 0 saturated carbocycles. The van der Waals surface area contributed by atoms with E-state index in [1.807, 2.05) is 6.92 Å².